The number of benzene rings is 2. The molecule has 1 aliphatic heterocycles. The lowest BCUT2D eigenvalue weighted by Gasteiger charge is -2.20. The molecule has 0 radical (unpaired) electrons. The van der Waals surface area contributed by atoms with Gasteiger partial charge in [0.15, 0.2) is 0 Å². The molecule has 27 heavy (non-hydrogen) atoms. The molecule has 0 spiro atoms. The molecular formula is C20H23N3O4. The van der Waals surface area contributed by atoms with Crippen molar-refractivity contribution >= 4 is 11.8 Å². The monoisotopic (exact) mass is 369 g/mol. The maximum Gasteiger partial charge on any atom is 0.274 e. The topological polar surface area (TPSA) is 99.7 Å². The largest absolute Gasteiger partial charge is 0.491 e. The van der Waals surface area contributed by atoms with Gasteiger partial charge in [0.1, 0.15) is 18.4 Å². The highest BCUT2D eigenvalue weighted by atomic mass is 16.5. The number of carbonyl (C=O) groups is 2. The van der Waals surface area contributed by atoms with Gasteiger partial charge in [-0.3, -0.25) is 20.1 Å². The van der Waals surface area contributed by atoms with Gasteiger partial charge in [-0.25, -0.2) is 5.48 Å². The van der Waals surface area contributed by atoms with Gasteiger partial charge in [-0.1, -0.05) is 31.2 Å². The van der Waals surface area contributed by atoms with Gasteiger partial charge in [-0.15, -0.1) is 0 Å². The Morgan fingerprint density at radius 1 is 1.22 bits per heavy atom. The van der Waals surface area contributed by atoms with Crippen molar-refractivity contribution < 1.29 is 19.5 Å². The molecule has 1 aliphatic rings. The summed E-state index contributed by atoms with van der Waals surface area (Å²) in [4.78, 5) is 24.0. The number of ether oxygens (including phenoxy) is 1. The Bertz CT molecular complexity index is 807. The molecule has 7 heteroatoms. The number of amides is 2. The van der Waals surface area contributed by atoms with Crippen LogP contribution in [0, 0.1) is 0 Å². The zero-order chi connectivity index (χ0) is 19.2. The summed E-state index contributed by atoms with van der Waals surface area (Å²) in [6.45, 7) is 3.00. The number of hydroxylamine groups is 1. The van der Waals surface area contributed by atoms with Crippen LogP contribution in [0.25, 0.3) is 0 Å². The molecule has 2 aromatic carbocycles. The Morgan fingerprint density at radius 3 is 2.67 bits per heavy atom. The zero-order valence-electron chi connectivity index (χ0n) is 15.1. The van der Waals surface area contributed by atoms with Crippen LogP contribution in [-0.2, 0) is 11.3 Å². The lowest BCUT2D eigenvalue weighted by Crippen LogP contribution is -2.43. The first-order valence-corrected chi connectivity index (χ1v) is 8.91. The minimum Gasteiger partial charge on any atom is -0.491 e. The summed E-state index contributed by atoms with van der Waals surface area (Å²) in [6, 6.07) is 13.8. The van der Waals surface area contributed by atoms with Gasteiger partial charge in [0.2, 0.25) is 5.91 Å². The van der Waals surface area contributed by atoms with Crippen molar-refractivity contribution in [3.8, 4) is 5.75 Å². The highest BCUT2D eigenvalue weighted by Crippen LogP contribution is 2.25. The molecule has 0 fully saturated rings. The van der Waals surface area contributed by atoms with Crippen LogP contribution in [0.2, 0.25) is 0 Å². The summed E-state index contributed by atoms with van der Waals surface area (Å²) >= 11 is 0. The van der Waals surface area contributed by atoms with Gasteiger partial charge in [-0.2, -0.15) is 0 Å². The van der Waals surface area contributed by atoms with E-state index in [2.05, 4.69) is 10.6 Å². The average Bonchev–Trinajstić information content (AvgIpc) is 3.15. The molecular weight excluding hydrogens is 346 g/mol. The van der Waals surface area contributed by atoms with Crippen LogP contribution in [0.3, 0.4) is 0 Å². The van der Waals surface area contributed by atoms with Crippen LogP contribution in [0.1, 0.15) is 40.9 Å². The molecule has 2 atom stereocenters. The Labute approximate surface area is 157 Å². The number of carbonyl (C=O) groups excluding carboxylic acids is 2. The highest BCUT2D eigenvalue weighted by molar-refractivity contribution is 5.93. The Kier molecular flexibility index (Phi) is 6.05. The van der Waals surface area contributed by atoms with E-state index in [-0.39, 0.29) is 18.0 Å². The Morgan fingerprint density at radius 2 is 1.96 bits per heavy atom. The summed E-state index contributed by atoms with van der Waals surface area (Å²) in [5.41, 5.74) is 4.08. The van der Waals surface area contributed by atoms with E-state index in [4.69, 9.17) is 9.94 Å². The van der Waals surface area contributed by atoms with Gasteiger partial charge < -0.3 is 10.1 Å². The Balaban J connectivity index is 1.55. The van der Waals surface area contributed by atoms with Crippen molar-refractivity contribution in [2.24, 2.45) is 0 Å². The Hall–Kier alpha value is -2.90. The number of rotatable bonds is 7. The van der Waals surface area contributed by atoms with E-state index in [1.54, 1.807) is 29.7 Å². The van der Waals surface area contributed by atoms with Gasteiger partial charge in [-0.05, 0) is 41.8 Å². The molecule has 0 saturated heterocycles. The van der Waals surface area contributed by atoms with Crippen LogP contribution in [0.5, 0.6) is 5.75 Å². The maximum atomic E-state index is 12.6. The molecule has 1 heterocycles. The van der Waals surface area contributed by atoms with Gasteiger partial charge in [0, 0.05) is 12.1 Å². The van der Waals surface area contributed by atoms with Crippen LogP contribution in [0.15, 0.2) is 48.5 Å². The summed E-state index contributed by atoms with van der Waals surface area (Å²) < 4.78 is 5.73. The molecule has 0 aliphatic carbocycles. The van der Waals surface area contributed by atoms with Crippen molar-refractivity contribution in [3.63, 3.8) is 0 Å². The molecule has 3 rings (SSSR count). The molecule has 1 unspecified atom stereocenters. The molecule has 142 valence electrons. The van der Waals surface area contributed by atoms with Crippen LogP contribution >= 0.6 is 0 Å². The fraction of sp³-hybridized carbons (Fsp3) is 0.300. The third kappa shape index (κ3) is 4.45. The van der Waals surface area contributed by atoms with E-state index in [1.807, 2.05) is 31.2 Å². The second kappa shape index (κ2) is 8.66. The SMILES string of the molecule is CC[C@@H](COc1ccc(C(=O)NO)cc1)NC(=O)C1NCc2ccccc21. The van der Waals surface area contributed by atoms with E-state index in [9.17, 15) is 9.59 Å². The molecule has 7 nitrogen and oxygen atoms in total. The third-order valence-corrected chi connectivity index (χ3v) is 4.63. The molecule has 0 bridgehead atoms. The smallest absolute Gasteiger partial charge is 0.274 e. The summed E-state index contributed by atoms with van der Waals surface area (Å²) in [7, 11) is 0. The molecule has 0 aromatic heterocycles. The van der Waals surface area contributed by atoms with Crippen molar-refractivity contribution in [1.29, 1.82) is 0 Å². The third-order valence-electron chi connectivity index (χ3n) is 4.63. The van der Waals surface area contributed by atoms with E-state index >= 15 is 0 Å². The quantitative estimate of drug-likeness (QED) is 0.441. The summed E-state index contributed by atoms with van der Waals surface area (Å²) in [5, 5.41) is 14.9. The number of hydrogen-bond donors (Lipinski definition) is 4. The lowest BCUT2D eigenvalue weighted by molar-refractivity contribution is -0.124. The maximum absolute atomic E-state index is 12.6. The van der Waals surface area contributed by atoms with E-state index in [1.165, 1.54) is 0 Å². The summed E-state index contributed by atoms with van der Waals surface area (Å²) in [5.74, 6) is -0.0588. The van der Waals surface area contributed by atoms with Crippen molar-refractivity contribution in [3.05, 3.63) is 65.2 Å². The van der Waals surface area contributed by atoms with Crippen LogP contribution in [0.4, 0.5) is 0 Å². The minimum absolute atomic E-state index is 0.0645. The van der Waals surface area contributed by atoms with Gasteiger partial charge in [0.05, 0.1) is 6.04 Å². The van der Waals surface area contributed by atoms with Crippen LogP contribution in [-0.4, -0.2) is 29.7 Å². The second-order valence-corrected chi connectivity index (χ2v) is 6.40. The standard InChI is InChI=1S/C20H23N3O4/c1-2-15(12-27-16-9-7-13(8-10-16)19(24)23-26)22-20(25)18-17-6-4-3-5-14(17)11-21-18/h3-10,15,18,21,26H,2,11-12H2,1H3,(H,22,25)(H,23,24)/t15-,18?/m0/s1. The number of hydrogen-bond acceptors (Lipinski definition) is 5. The second-order valence-electron chi connectivity index (χ2n) is 6.40. The number of fused-ring (bicyclic) bond motifs is 1. The summed E-state index contributed by atoms with van der Waals surface area (Å²) in [6.07, 6.45) is 0.727. The van der Waals surface area contributed by atoms with Crippen LogP contribution < -0.4 is 20.9 Å². The van der Waals surface area contributed by atoms with E-state index in [0.29, 0.717) is 24.5 Å². The predicted octanol–water partition coefficient (Wildman–Crippen LogP) is 1.92. The normalized spacial score (nSPS) is 16.3. The van der Waals surface area contributed by atoms with E-state index in [0.717, 1.165) is 17.5 Å². The first kappa shape index (κ1) is 18.9. The first-order chi connectivity index (χ1) is 13.1. The lowest BCUT2D eigenvalue weighted by atomic mass is 10.0. The molecule has 0 saturated carbocycles. The molecule has 2 amide bonds. The van der Waals surface area contributed by atoms with Crippen molar-refractivity contribution in [1.82, 2.24) is 16.1 Å². The molecule has 2 aromatic rings. The highest BCUT2D eigenvalue weighted by Gasteiger charge is 2.28. The predicted molar refractivity (Wildman–Crippen MR) is 99.4 cm³/mol. The van der Waals surface area contributed by atoms with Gasteiger partial charge >= 0.3 is 0 Å². The molecule has 4 N–H and O–H groups in total. The average molecular weight is 369 g/mol. The van der Waals surface area contributed by atoms with Crippen molar-refractivity contribution in [2.45, 2.75) is 32.0 Å². The van der Waals surface area contributed by atoms with Crippen molar-refractivity contribution in [2.75, 3.05) is 6.61 Å². The van der Waals surface area contributed by atoms with Gasteiger partial charge in [0.25, 0.3) is 5.91 Å². The van der Waals surface area contributed by atoms with E-state index < -0.39 is 5.91 Å². The minimum atomic E-state index is -0.579. The first-order valence-electron chi connectivity index (χ1n) is 8.91. The zero-order valence-corrected chi connectivity index (χ0v) is 15.1. The fourth-order valence-corrected chi connectivity index (χ4v) is 3.04. The fourth-order valence-electron chi connectivity index (χ4n) is 3.04. The number of nitrogens with one attached hydrogen (secondary N) is 3.